The van der Waals surface area contributed by atoms with Crippen LogP contribution in [0.4, 0.5) is 4.79 Å². The average Bonchev–Trinajstić information content (AvgIpc) is 2.45. The van der Waals surface area contributed by atoms with Gasteiger partial charge in [-0.25, -0.2) is 4.79 Å². The van der Waals surface area contributed by atoms with E-state index in [1.165, 1.54) is 6.42 Å². The molecule has 2 rings (SSSR count). The molecule has 2 aliphatic heterocycles. The largest absolute Gasteiger partial charge is 0.481 e. The number of urea groups is 1. The molecule has 0 aromatic rings. The molecule has 0 aromatic heterocycles. The van der Waals surface area contributed by atoms with Gasteiger partial charge in [0.2, 0.25) is 0 Å². The van der Waals surface area contributed by atoms with Gasteiger partial charge in [0, 0.05) is 31.1 Å². The molecule has 2 unspecified atom stereocenters. The number of carbonyl (C=O) groups excluding carboxylic acids is 1. The van der Waals surface area contributed by atoms with Gasteiger partial charge >= 0.3 is 12.0 Å². The highest BCUT2D eigenvalue weighted by Crippen LogP contribution is 2.19. The molecule has 6 nitrogen and oxygen atoms in total. The number of likely N-dealkylation sites (tertiary alicyclic amines) is 1. The van der Waals surface area contributed by atoms with E-state index >= 15 is 0 Å². The van der Waals surface area contributed by atoms with Gasteiger partial charge < -0.3 is 20.2 Å². The second kappa shape index (κ2) is 7.89. The van der Waals surface area contributed by atoms with Crippen LogP contribution in [0.5, 0.6) is 0 Å². The number of carbonyl (C=O) groups is 2. The first-order chi connectivity index (χ1) is 10.1. The Morgan fingerprint density at radius 1 is 1.38 bits per heavy atom. The van der Waals surface area contributed by atoms with Crippen LogP contribution in [0.2, 0.25) is 0 Å². The Morgan fingerprint density at radius 3 is 2.90 bits per heavy atom. The van der Waals surface area contributed by atoms with Gasteiger partial charge in [0.1, 0.15) is 0 Å². The van der Waals surface area contributed by atoms with Gasteiger partial charge in [0.25, 0.3) is 0 Å². The van der Waals surface area contributed by atoms with Gasteiger partial charge in [-0.3, -0.25) is 4.79 Å². The van der Waals surface area contributed by atoms with E-state index in [0.717, 1.165) is 25.3 Å². The van der Waals surface area contributed by atoms with E-state index in [0.29, 0.717) is 24.8 Å². The number of hydrogen-bond acceptors (Lipinski definition) is 4. The third-order valence-electron chi connectivity index (χ3n) is 4.16. The van der Waals surface area contributed by atoms with Gasteiger partial charge in [0.15, 0.2) is 0 Å². The summed E-state index contributed by atoms with van der Waals surface area (Å²) in [5.74, 6) is 1.26. The van der Waals surface area contributed by atoms with Gasteiger partial charge in [-0.1, -0.05) is 0 Å². The van der Waals surface area contributed by atoms with Crippen LogP contribution < -0.4 is 5.32 Å². The molecule has 2 heterocycles. The van der Waals surface area contributed by atoms with Crippen molar-refractivity contribution in [1.29, 1.82) is 0 Å². The number of carboxylic acids is 1. The van der Waals surface area contributed by atoms with Crippen LogP contribution in [0.25, 0.3) is 0 Å². The summed E-state index contributed by atoms with van der Waals surface area (Å²) in [5, 5.41) is 12.0. The van der Waals surface area contributed by atoms with E-state index in [2.05, 4.69) is 17.3 Å². The Kier molecular flexibility index (Phi) is 6.17. The number of nitrogens with zero attached hydrogens (tertiary/aromatic N) is 2. The van der Waals surface area contributed by atoms with Crippen LogP contribution in [-0.4, -0.2) is 77.7 Å². The molecule has 2 aliphatic rings. The molecule has 7 heteroatoms. The Bertz CT molecular complexity index is 380. The van der Waals surface area contributed by atoms with E-state index in [-0.39, 0.29) is 18.5 Å². The molecule has 2 fully saturated rings. The van der Waals surface area contributed by atoms with Crippen molar-refractivity contribution in [2.45, 2.75) is 25.3 Å². The van der Waals surface area contributed by atoms with Crippen molar-refractivity contribution in [2.24, 2.45) is 5.92 Å². The quantitative estimate of drug-likeness (QED) is 0.807. The molecular weight excluding hydrogens is 290 g/mol. The summed E-state index contributed by atoms with van der Waals surface area (Å²) >= 11 is 1.72. The lowest BCUT2D eigenvalue weighted by Crippen LogP contribution is -2.52. The van der Waals surface area contributed by atoms with E-state index in [1.54, 1.807) is 16.7 Å². The minimum Gasteiger partial charge on any atom is -0.481 e. The summed E-state index contributed by atoms with van der Waals surface area (Å²) in [4.78, 5) is 27.2. The zero-order valence-electron chi connectivity index (χ0n) is 12.6. The molecule has 0 aromatic carbocycles. The zero-order chi connectivity index (χ0) is 15.2. The Hall–Kier alpha value is -0.950. The van der Waals surface area contributed by atoms with Crippen molar-refractivity contribution in [3.05, 3.63) is 0 Å². The van der Waals surface area contributed by atoms with E-state index in [4.69, 9.17) is 5.11 Å². The van der Waals surface area contributed by atoms with Crippen LogP contribution in [0, 0.1) is 5.92 Å². The zero-order valence-corrected chi connectivity index (χ0v) is 13.4. The number of thioether (sulfide) groups is 1. The van der Waals surface area contributed by atoms with Crippen LogP contribution in [0.3, 0.4) is 0 Å². The first kappa shape index (κ1) is 16.4. The number of amides is 2. The molecule has 0 bridgehead atoms. The lowest BCUT2D eigenvalue weighted by molar-refractivity contribution is -0.138. The molecular formula is C14H25N3O3S. The van der Waals surface area contributed by atoms with Gasteiger partial charge in [-0.2, -0.15) is 11.8 Å². The first-order valence-electron chi connectivity index (χ1n) is 7.59. The van der Waals surface area contributed by atoms with E-state index in [9.17, 15) is 9.59 Å². The molecule has 2 amide bonds. The van der Waals surface area contributed by atoms with Crippen molar-refractivity contribution in [3.63, 3.8) is 0 Å². The standard InChI is InChI=1S/C14H25N3O3S/c1-16-4-2-3-11(9-16)8-15-14(20)17-5-6-21-10-12(17)7-13(18)19/h11-12H,2-10H2,1H3,(H,15,20)(H,18,19). The van der Waals surface area contributed by atoms with Crippen molar-refractivity contribution < 1.29 is 14.7 Å². The number of piperidine rings is 1. The summed E-state index contributed by atoms with van der Waals surface area (Å²) in [6.45, 7) is 3.48. The predicted octanol–water partition coefficient (Wildman–Crippen LogP) is 0.930. The fraction of sp³-hybridized carbons (Fsp3) is 0.857. The highest BCUT2D eigenvalue weighted by molar-refractivity contribution is 7.99. The van der Waals surface area contributed by atoms with Crippen LogP contribution in [0.15, 0.2) is 0 Å². The number of aliphatic carboxylic acids is 1. The number of nitrogens with one attached hydrogen (secondary N) is 1. The molecule has 2 N–H and O–H groups in total. The lowest BCUT2D eigenvalue weighted by Gasteiger charge is -2.35. The molecule has 0 spiro atoms. The second-order valence-corrected chi connectivity index (χ2v) is 7.13. The van der Waals surface area contributed by atoms with E-state index < -0.39 is 5.97 Å². The SMILES string of the molecule is CN1CCCC(CNC(=O)N2CCSCC2CC(=O)O)C1. The topological polar surface area (TPSA) is 72.9 Å². The minimum atomic E-state index is -0.839. The summed E-state index contributed by atoms with van der Waals surface area (Å²) in [7, 11) is 2.11. The van der Waals surface area contributed by atoms with Gasteiger partial charge in [-0.05, 0) is 32.4 Å². The fourth-order valence-corrected chi connectivity index (χ4v) is 4.13. The normalized spacial score (nSPS) is 27.4. The van der Waals surface area contributed by atoms with Crippen molar-refractivity contribution in [2.75, 3.05) is 44.7 Å². The third kappa shape index (κ3) is 5.07. The predicted molar refractivity (Wildman–Crippen MR) is 83.7 cm³/mol. The number of rotatable bonds is 4. The van der Waals surface area contributed by atoms with Crippen molar-refractivity contribution >= 4 is 23.8 Å². The van der Waals surface area contributed by atoms with Crippen molar-refractivity contribution in [3.8, 4) is 0 Å². The summed E-state index contributed by atoms with van der Waals surface area (Å²) in [5.41, 5.74) is 0. The maximum atomic E-state index is 12.3. The number of hydrogen-bond donors (Lipinski definition) is 2. The van der Waals surface area contributed by atoms with Gasteiger partial charge in [0.05, 0.1) is 12.5 Å². The number of carboxylic acid groups (broad SMARTS) is 1. The molecule has 0 saturated carbocycles. The minimum absolute atomic E-state index is 0.0343. The Labute approximate surface area is 130 Å². The summed E-state index contributed by atoms with van der Waals surface area (Å²) < 4.78 is 0. The Balaban J connectivity index is 1.81. The fourth-order valence-electron chi connectivity index (χ4n) is 3.07. The molecule has 21 heavy (non-hydrogen) atoms. The highest BCUT2D eigenvalue weighted by Gasteiger charge is 2.29. The van der Waals surface area contributed by atoms with Crippen LogP contribution in [-0.2, 0) is 4.79 Å². The molecule has 0 radical (unpaired) electrons. The second-order valence-electron chi connectivity index (χ2n) is 5.98. The monoisotopic (exact) mass is 315 g/mol. The summed E-state index contributed by atoms with van der Waals surface area (Å²) in [6.07, 6.45) is 2.37. The highest BCUT2D eigenvalue weighted by atomic mass is 32.2. The van der Waals surface area contributed by atoms with Crippen molar-refractivity contribution in [1.82, 2.24) is 15.1 Å². The third-order valence-corrected chi connectivity index (χ3v) is 5.25. The maximum absolute atomic E-state index is 12.3. The maximum Gasteiger partial charge on any atom is 0.317 e. The lowest BCUT2D eigenvalue weighted by atomic mass is 9.98. The smallest absolute Gasteiger partial charge is 0.317 e. The average molecular weight is 315 g/mol. The summed E-state index contributed by atoms with van der Waals surface area (Å²) in [6, 6.07) is -0.287. The first-order valence-corrected chi connectivity index (χ1v) is 8.74. The van der Waals surface area contributed by atoms with Gasteiger partial charge in [-0.15, -0.1) is 0 Å². The molecule has 120 valence electrons. The van der Waals surface area contributed by atoms with E-state index in [1.807, 2.05) is 0 Å². The van der Waals surface area contributed by atoms with Crippen LogP contribution >= 0.6 is 11.8 Å². The molecule has 2 atom stereocenters. The Morgan fingerprint density at radius 2 is 2.19 bits per heavy atom. The molecule has 0 aliphatic carbocycles. The molecule has 2 saturated heterocycles. The van der Waals surface area contributed by atoms with Crippen LogP contribution in [0.1, 0.15) is 19.3 Å².